The van der Waals surface area contributed by atoms with Gasteiger partial charge in [0.05, 0.1) is 13.2 Å². The van der Waals surface area contributed by atoms with Crippen LogP contribution in [0.5, 0.6) is 0 Å². The number of methoxy groups -OCH3 is 1. The smallest absolute Gasteiger partial charge is 0.381 e. The van der Waals surface area contributed by atoms with Crippen molar-refractivity contribution in [3.05, 3.63) is 0 Å². The largest absolute Gasteiger partial charge is 0.401 e. The Hall–Kier alpha value is -0.410. The molecule has 0 aliphatic carbocycles. The molecule has 0 saturated carbocycles. The third-order valence-electron chi connectivity index (χ3n) is 2.10. The molecule has 3 N–H and O–H groups in total. The molecular formula is C10H22F3N3O2. The maximum atomic E-state index is 12.1. The summed E-state index contributed by atoms with van der Waals surface area (Å²) in [6.07, 6.45) is -5.12. The summed E-state index contributed by atoms with van der Waals surface area (Å²) in [5.74, 6) is 0. The molecule has 18 heavy (non-hydrogen) atoms. The molecular weight excluding hydrogens is 251 g/mol. The Labute approximate surface area is 105 Å². The van der Waals surface area contributed by atoms with Gasteiger partial charge in [0, 0.05) is 26.2 Å². The molecule has 0 aromatic rings. The standard InChI is InChI=1S/C10H22F3N3O2/c1-16(2)5-8(15-7-10(11,12)13)4-14-9(17)6-18-3/h8-9,14-15,17H,4-7H2,1-3H3/t8-,9?/m1/s1. The molecule has 0 aliphatic rings. The van der Waals surface area contributed by atoms with Crippen molar-refractivity contribution < 1.29 is 23.0 Å². The van der Waals surface area contributed by atoms with E-state index >= 15 is 0 Å². The van der Waals surface area contributed by atoms with Gasteiger partial charge in [-0.15, -0.1) is 0 Å². The van der Waals surface area contributed by atoms with E-state index in [1.54, 1.807) is 19.0 Å². The number of aliphatic hydroxyl groups excluding tert-OH is 1. The van der Waals surface area contributed by atoms with E-state index in [0.717, 1.165) is 0 Å². The number of likely N-dealkylation sites (N-methyl/N-ethyl adjacent to an activating group) is 1. The Morgan fingerprint density at radius 3 is 2.33 bits per heavy atom. The van der Waals surface area contributed by atoms with Crippen LogP contribution in [0.4, 0.5) is 13.2 Å². The van der Waals surface area contributed by atoms with Crippen LogP contribution in [0, 0.1) is 0 Å². The molecule has 0 saturated heterocycles. The fraction of sp³-hybridized carbons (Fsp3) is 1.00. The van der Waals surface area contributed by atoms with Gasteiger partial charge in [-0.3, -0.25) is 5.32 Å². The fourth-order valence-corrected chi connectivity index (χ4v) is 1.40. The normalized spacial score (nSPS) is 16.0. The molecule has 8 heteroatoms. The monoisotopic (exact) mass is 273 g/mol. The van der Waals surface area contributed by atoms with Crippen molar-refractivity contribution in [3.63, 3.8) is 0 Å². The second kappa shape index (κ2) is 8.65. The average Bonchev–Trinajstić information content (AvgIpc) is 2.21. The van der Waals surface area contributed by atoms with Crippen LogP contribution in [0.3, 0.4) is 0 Å². The van der Waals surface area contributed by atoms with E-state index in [9.17, 15) is 18.3 Å². The maximum absolute atomic E-state index is 12.1. The minimum Gasteiger partial charge on any atom is -0.381 e. The summed E-state index contributed by atoms with van der Waals surface area (Å²) in [6.45, 7) is -0.302. The maximum Gasteiger partial charge on any atom is 0.401 e. The lowest BCUT2D eigenvalue weighted by Crippen LogP contribution is -2.50. The zero-order chi connectivity index (χ0) is 14.2. The molecule has 1 unspecified atom stereocenters. The molecule has 0 amide bonds. The van der Waals surface area contributed by atoms with Gasteiger partial charge in [0.25, 0.3) is 0 Å². The van der Waals surface area contributed by atoms with E-state index in [-0.39, 0.29) is 13.2 Å². The van der Waals surface area contributed by atoms with Crippen molar-refractivity contribution in [1.29, 1.82) is 0 Å². The quantitative estimate of drug-likeness (QED) is 0.500. The summed E-state index contributed by atoms with van der Waals surface area (Å²) >= 11 is 0. The molecule has 0 radical (unpaired) electrons. The van der Waals surface area contributed by atoms with Gasteiger partial charge < -0.3 is 20.1 Å². The van der Waals surface area contributed by atoms with Crippen LogP contribution in [-0.4, -0.2) is 75.9 Å². The number of nitrogens with zero attached hydrogens (tertiary/aromatic N) is 1. The van der Waals surface area contributed by atoms with Gasteiger partial charge in [-0.2, -0.15) is 13.2 Å². The predicted molar refractivity (Wildman–Crippen MR) is 62.3 cm³/mol. The Kier molecular flexibility index (Phi) is 8.45. The van der Waals surface area contributed by atoms with Crippen molar-refractivity contribution in [1.82, 2.24) is 15.5 Å². The lowest BCUT2D eigenvalue weighted by Gasteiger charge is -2.24. The summed E-state index contributed by atoms with van der Waals surface area (Å²) < 4.78 is 41.0. The second-order valence-corrected chi connectivity index (χ2v) is 4.33. The Balaban J connectivity index is 4.06. The van der Waals surface area contributed by atoms with Crippen LogP contribution in [0.1, 0.15) is 0 Å². The van der Waals surface area contributed by atoms with Gasteiger partial charge in [-0.05, 0) is 14.1 Å². The summed E-state index contributed by atoms with van der Waals surface area (Å²) in [6, 6.07) is -0.409. The highest BCUT2D eigenvalue weighted by Gasteiger charge is 2.28. The van der Waals surface area contributed by atoms with Crippen molar-refractivity contribution in [3.8, 4) is 0 Å². The van der Waals surface area contributed by atoms with Gasteiger partial charge in [0.1, 0.15) is 6.23 Å². The van der Waals surface area contributed by atoms with Crippen LogP contribution in [0.15, 0.2) is 0 Å². The number of halogens is 3. The van der Waals surface area contributed by atoms with E-state index < -0.39 is 25.0 Å². The van der Waals surface area contributed by atoms with Crippen LogP contribution in [0.2, 0.25) is 0 Å². The highest BCUT2D eigenvalue weighted by atomic mass is 19.4. The highest BCUT2D eigenvalue weighted by Crippen LogP contribution is 2.12. The first kappa shape index (κ1) is 17.6. The first-order chi connectivity index (χ1) is 8.24. The number of hydrogen-bond acceptors (Lipinski definition) is 5. The molecule has 0 heterocycles. The predicted octanol–water partition coefficient (Wildman–Crippen LogP) is -0.377. The third-order valence-corrected chi connectivity index (χ3v) is 2.10. The minimum atomic E-state index is -4.24. The van der Waals surface area contributed by atoms with Gasteiger partial charge in [-0.25, -0.2) is 0 Å². The van der Waals surface area contributed by atoms with Crippen molar-refractivity contribution in [2.75, 3.05) is 47.4 Å². The van der Waals surface area contributed by atoms with Crippen LogP contribution in [0.25, 0.3) is 0 Å². The molecule has 2 atom stereocenters. The van der Waals surface area contributed by atoms with E-state index in [0.29, 0.717) is 6.54 Å². The lowest BCUT2D eigenvalue weighted by molar-refractivity contribution is -0.126. The number of ether oxygens (including phenoxy) is 1. The average molecular weight is 273 g/mol. The molecule has 0 bridgehead atoms. The van der Waals surface area contributed by atoms with Crippen LogP contribution >= 0.6 is 0 Å². The molecule has 110 valence electrons. The first-order valence-corrected chi connectivity index (χ1v) is 5.60. The van der Waals surface area contributed by atoms with E-state index in [4.69, 9.17) is 4.74 Å². The number of nitrogens with one attached hydrogen (secondary N) is 2. The number of alkyl halides is 3. The third kappa shape index (κ3) is 10.7. The molecule has 0 fully saturated rings. The minimum absolute atomic E-state index is 0.0912. The van der Waals surface area contributed by atoms with E-state index in [1.807, 2.05) is 0 Å². The summed E-state index contributed by atoms with van der Waals surface area (Å²) in [5, 5.41) is 14.5. The van der Waals surface area contributed by atoms with Gasteiger partial charge in [0.2, 0.25) is 0 Å². The van der Waals surface area contributed by atoms with E-state index in [1.165, 1.54) is 7.11 Å². The molecule has 0 aliphatic heterocycles. The molecule has 0 rings (SSSR count). The highest BCUT2D eigenvalue weighted by molar-refractivity contribution is 4.74. The van der Waals surface area contributed by atoms with Gasteiger partial charge in [-0.1, -0.05) is 0 Å². The molecule has 5 nitrogen and oxygen atoms in total. The Morgan fingerprint density at radius 2 is 1.89 bits per heavy atom. The summed E-state index contributed by atoms with van der Waals surface area (Å²) in [4.78, 5) is 1.78. The number of aliphatic hydroxyl groups is 1. The SMILES string of the molecule is COCC(O)NC[C@H](CN(C)C)NCC(F)(F)F. The summed E-state index contributed by atoms with van der Waals surface area (Å²) in [5.41, 5.74) is 0. The zero-order valence-corrected chi connectivity index (χ0v) is 10.9. The fourth-order valence-electron chi connectivity index (χ4n) is 1.40. The second-order valence-electron chi connectivity index (χ2n) is 4.33. The summed E-state index contributed by atoms with van der Waals surface area (Å²) in [7, 11) is 4.98. The molecule has 0 aromatic carbocycles. The van der Waals surface area contributed by atoms with Crippen molar-refractivity contribution in [2.45, 2.75) is 18.4 Å². The van der Waals surface area contributed by atoms with Gasteiger partial charge in [0.15, 0.2) is 0 Å². The van der Waals surface area contributed by atoms with E-state index in [2.05, 4.69) is 10.6 Å². The van der Waals surface area contributed by atoms with Gasteiger partial charge >= 0.3 is 6.18 Å². The molecule has 0 spiro atoms. The number of rotatable bonds is 9. The van der Waals surface area contributed by atoms with Crippen molar-refractivity contribution >= 4 is 0 Å². The Morgan fingerprint density at radius 1 is 1.28 bits per heavy atom. The molecule has 0 aromatic heterocycles. The topological polar surface area (TPSA) is 56.8 Å². The first-order valence-electron chi connectivity index (χ1n) is 5.60. The number of hydrogen-bond donors (Lipinski definition) is 3. The van der Waals surface area contributed by atoms with Crippen LogP contribution < -0.4 is 10.6 Å². The zero-order valence-electron chi connectivity index (χ0n) is 10.9. The van der Waals surface area contributed by atoms with Crippen LogP contribution in [-0.2, 0) is 4.74 Å². The lowest BCUT2D eigenvalue weighted by atomic mass is 10.2. The van der Waals surface area contributed by atoms with Crippen molar-refractivity contribution in [2.24, 2.45) is 0 Å². The Bertz CT molecular complexity index is 215.